The molecule has 0 bridgehead atoms. The lowest BCUT2D eigenvalue weighted by Crippen LogP contribution is -2.46. The van der Waals surface area contributed by atoms with E-state index in [4.69, 9.17) is 0 Å². The van der Waals surface area contributed by atoms with Gasteiger partial charge in [0.1, 0.15) is 0 Å². The van der Waals surface area contributed by atoms with E-state index in [2.05, 4.69) is 4.90 Å². The zero-order valence-corrected chi connectivity index (χ0v) is 10.3. The Balaban J connectivity index is 2.00. The monoisotopic (exact) mass is 235 g/mol. The van der Waals surface area contributed by atoms with Gasteiger partial charge in [-0.15, -0.1) is 0 Å². The van der Waals surface area contributed by atoms with Gasteiger partial charge < -0.3 is 15.1 Å². The number of likely N-dealkylation sites (tertiary alicyclic amines) is 1. The van der Waals surface area contributed by atoms with Gasteiger partial charge in [-0.05, 0) is 38.4 Å². The summed E-state index contributed by atoms with van der Waals surface area (Å²) in [7, 11) is 2.02. The van der Waals surface area contributed by atoms with E-state index < -0.39 is 6.10 Å². The molecule has 1 aliphatic rings. The number of piperidine rings is 1. The topological polar surface area (TPSA) is 43.7 Å². The number of likely N-dealkylation sites (N-methyl/N-ethyl adjacent to an activating group) is 1. The first kappa shape index (κ1) is 12.6. The van der Waals surface area contributed by atoms with Crippen molar-refractivity contribution in [1.82, 2.24) is 4.90 Å². The van der Waals surface area contributed by atoms with Crippen LogP contribution in [-0.4, -0.2) is 40.9 Å². The Morgan fingerprint density at radius 2 is 2.06 bits per heavy atom. The Labute approximate surface area is 103 Å². The van der Waals surface area contributed by atoms with Gasteiger partial charge >= 0.3 is 0 Å². The Bertz CT molecular complexity index is 331. The molecule has 3 nitrogen and oxygen atoms in total. The Kier molecular flexibility index (Phi) is 4.15. The molecule has 3 heteroatoms. The fourth-order valence-electron chi connectivity index (χ4n) is 2.58. The molecule has 1 fully saturated rings. The SMILES string of the molecule is CN1CCC[C@@H](O)[C@@H]1C[C@H](O)c1ccccc1. The highest BCUT2D eigenvalue weighted by molar-refractivity contribution is 5.17. The predicted octanol–water partition coefficient (Wildman–Crippen LogP) is 1.57. The molecule has 1 heterocycles. The third-order valence-electron chi connectivity index (χ3n) is 3.67. The van der Waals surface area contributed by atoms with Gasteiger partial charge in [0.05, 0.1) is 12.2 Å². The molecule has 1 saturated heterocycles. The number of benzene rings is 1. The second-order valence-electron chi connectivity index (χ2n) is 4.92. The van der Waals surface area contributed by atoms with E-state index in [-0.39, 0.29) is 12.1 Å². The van der Waals surface area contributed by atoms with Crippen LogP contribution in [0.4, 0.5) is 0 Å². The van der Waals surface area contributed by atoms with Crippen LogP contribution in [0.1, 0.15) is 30.9 Å². The molecule has 17 heavy (non-hydrogen) atoms. The summed E-state index contributed by atoms with van der Waals surface area (Å²) >= 11 is 0. The van der Waals surface area contributed by atoms with Crippen LogP contribution in [0.2, 0.25) is 0 Å². The number of hydrogen-bond donors (Lipinski definition) is 2. The lowest BCUT2D eigenvalue weighted by molar-refractivity contribution is -0.00261. The molecule has 0 aromatic heterocycles. The molecule has 0 unspecified atom stereocenters. The lowest BCUT2D eigenvalue weighted by Gasteiger charge is -2.37. The van der Waals surface area contributed by atoms with Crippen molar-refractivity contribution in [3.05, 3.63) is 35.9 Å². The summed E-state index contributed by atoms with van der Waals surface area (Å²) in [5.41, 5.74) is 0.929. The molecule has 0 spiro atoms. The minimum Gasteiger partial charge on any atom is -0.391 e. The van der Waals surface area contributed by atoms with E-state index in [9.17, 15) is 10.2 Å². The number of aliphatic hydroxyl groups is 2. The second kappa shape index (κ2) is 5.63. The summed E-state index contributed by atoms with van der Waals surface area (Å²) in [6.45, 7) is 1.00. The molecule has 0 saturated carbocycles. The highest BCUT2D eigenvalue weighted by atomic mass is 16.3. The highest BCUT2D eigenvalue weighted by Crippen LogP contribution is 2.25. The summed E-state index contributed by atoms with van der Waals surface area (Å²) in [6.07, 6.45) is 1.68. The summed E-state index contributed by atoms with van der Waals surface area (Å²) in [5, 5.41) is 20.2. The van der Waals surface area contributed by atoms with Crippen molar-refractivity contribution in [3.63, 3.8) is 0 Å². The van der Waals surface area contributed by atoms with Crippen molar-refractivity contribution in [2.45, 2.75) is 37.5 Å². The Morgan fingerprint density at radius 3 is 2.71 bits per heavy atom. The zero-order valence-electron chi connectivity index (χ0n) is 10.3. The van der Waals surface area contributed by atoms with Crippen LogP contribution in [0, 0.1) is 0 Å². The summed E-state index contributed by atoms with van der Waals surface area (Å²) in [5.74, 6) is 0. The smallest absolute Gasteiger partial charge is 0.0806 e. The van der Waals surface area contributed by atoms with Crippen LogP contribution in [-0.2, 0) is 0 Å². The van der Waals surface area contributed by atoms with Gasteiger partial charge in [-0.2, -0.15) is 0 Å². The van der Waals surface area contributed by atoms with E-state index in [1.165, 1.54) is 0 Å². The largest absolute Gasteiger partial charge is 0.391 e. The maximum atomic E-state index is 10.2. The van der Waals surface area contributed by atoms with Crippen LogP contribution in [0.5, 0.6) is 0 Å². The Hall–Kier alpha value is -0.900. The minimum atomic E-state index is -0.489. The van der Waals surface area contributed by atoms with Gasteiger partial charge in [-0.1, -0.05) is 30.3 Å². The quantitative estimate of drug-likeness (QED) is 0.835. The first-order chi connectivity index (χ1) is 8.18. The van der Waals surface area contributed by atoms with Gasteiger partial charge in [-0.3, -0.25) is 0 Å². The standard InChI is InChI=1S/C14H21NO2/c1-15-9-5-8-13(16)12(15)10-14(17)11-6-3-2-4-7-11/h2-4,6-7,12-14,16-17H,5,8-10H2,1H3/t12-,13+,14-/m0/s1. The summed E-state index contributed by atoms with van der Waals surface area (Å²) in [4.78, 5) is 2.15. The van der Waals surface area contributed by atoms with Crippen LogP contribution >= 0.6 is 0 Å². The van der Waals surface area contributed by atoms with Crippen LogP contribution in [0.15, 0.2) is 30.3 Å². The minimum absolute atomic E-state index is 0.0685. The maximum absolute atomic E-state index is 10.2. The van der Waals surface area contributed by atoms with Crippen LogP contribution in [0.25, 0.3) is 0 Å². The molecule has 2 rings (SSSR count). The lowest BCUT2D eigenvalue weighted by atomic mass is 9.92. The highest BCUT2D eigenvalue weighted by Gasteiger charge is 2.29. The molecule has 1 aromatic carbocycles. The van der Waals surface area contributed by atoms with Crippen molar-refractivity contribution < 1.29 is 10.2 Å². The first-order valence-electron chi connectivity index (χ1n) is 6.30. The van der Waals surface area contributed by atoms with E-state index in [1.807, 2.05) is 37.4 Å². The number of rotatable bonds is 3. The maximum Gasteiger partial charge on any atom is 0.0806 e. The molecule has 94 valence electrons. The number of aliphatic hydroxyl groups excluding tert-OH is 2. The van der Waals surface area contributed by atoms with Crippen LogP contribution < -0.4 is 0 Å². The molecule has 1 aliphatic heterocycles. The summed E-state index contributed by atoms with van der Waals surface area (Å²) in [6, 6.07) is 9.73. The molecular weight excluding hydrogens is 214 g/mol. The van der Waals surface area contributed by atoms with E-state index in [0.29, 0.717) is 6.42 Å². The van der Waals surface area contributed by atoms with E-state index >= 15 is 0 Å². The van der Waals surface area contributed by atoms with Gasteiger partial charge in [0, 0.05) is 6.04 Å². The van der Waals surface area contributed by atoms with Crippen molar-refractivity contribution in [3.8, 4) is 0 Å². The third kappa shape index (κ3) is 3.06. The molecule has 0 aliphatic carbocycles. The van der Waals surface area contributed by atoms with Gasteiger partial charge in [0.15, 0.2) is 0 Å². The van der Waals surface area contributed by atoms with Crippen molar-refractivity contribution in [1.29, 1.82) is 0 Å². The second-order valence-corrected chi connectivity index (χ2v) is 4.92. The Morgan fingerprint density at radius 1 is 1.35 bits per heavy atom. The van der Waals surface area contributed by atoms with Crippen molar-refractivity contribution in [2.75, 3.05) is 13.6 Å². The molecule has 0 radical (unpaired) electrons. The van der Waals surface area contributed by atoms with Crippen LogP contribution in [0.3, 0.4) is 0 Å². The average Bonchev–Trinajstić information content (AvgIpc) is 2.35. The number of nitrogens with zero attached hydrogens (tertiary/aromatic N) is 1. The van der Waals surface area contributed by atoms with Gasteiger partial charge in [-0.25, -0.2) is 0 Å². The number of hydrogen-bond acceptors (Lipinski definition) is 3. The van der Waals surface area contributed by atoms with Gasteiger partial charge in [0.25, 0.3) is 0 Å². The zero-order chi connectivity index (χ0) is 12.3. The predicted molar refractivity (Wildman–Crippen MR) is 67.7 cm³/mol. The molecule has 3 atom stereocenters. The molecule has 1 aromatic rings. The van der Waals surface area contributed by atoms with E-state index in [0.717, 1.165) is 24.9 Å². The molecular formula is C14H21NO2. The normalized spacial score (nSPS) is 27.9. The molecule has 0 amide bonds. The van der Waals surface area contributed by atoms with Crippen molar-refractivity contribution >= 4 is 0 Å². The average molecular weight is 235 g/mol. The van der Waals surface area contributed by atoms with Gasteiger partial charge in [0.2, 0.25) is 0 Å². The fraction of sp³-hybridized carbons (Fsp3) is 0.571. The molecule has 2 N–H and O–H groups in total. The summed E-state index contributed by atoms with van der Waals surface area (Å²) < 4.78 is 0. The van der Waals surface area contributed by atoms with Crippen molar-refractivity contribution in [2.24, 2.45) is 0 Å². The third-order valence-corrected chi connectivity index (χ3v) is 3.67. The van der Waals surface area contributed by atoms with E-state index in [1.54, 1.807) is 0 Å². The first-order valence-corrected chi connectivity index (χ1v) is 6.30. The fourth-order valence-corrected chi connectivity index (χ4v) is 2.58.